The second-order valence-corrected chi connectivity index (χ2v) is 7.39. The maximum Gasteiger partial charge on any atom is 0.234 e. The molecule has 118 valence electrons. The van der Waals surface area contributed by atoms with Crippen molar-refractivity contribution in [1.82, 2.24) is 9.97 Å². The Bertz CT molecular complexity index is 884. The first-order chi connectivity index (χ1) is 11.0. The molecule has 0 saturated heterocycles. The van der Waals surface area contributed by atoms with E-state index < -0.39 is 0 Å². The quantitative estimate of drug-likeness (QED) is 0.547. The van der Waals surface area contributed by atoms with Gasteiger partial charge in [-0.2, -0.15) is 0 Å². The summed E-state index contributed by atoms with van der Waals surface area (Å²) in [6.07, 6.45) is 0. The highest BCUT2D eigenvalue weighted by atomic mass is 79.9. The number of aromatic amines is 1. The largest absolute Gasteiger partial charge is 0.333 e. The van der Waals surface area contributed by atoms with Crippen molar-refractivity contribution in [2.24, 2.45) is 0 Å². The second kappa shape index (κ2) is 7.13. The molecule has 1 amide bonds. The highest BCUT2D eigenvalue weighted by Gasteiger charge is 2.10. The highest BCUT2D eigenvalue weighted by molar-refractivity contribution is 9.10. The molecule has 8 heteroatoms. The topological polar surface area (TPSA) is 57.8 Å². The zero-order valence-corrected chi connectivity index (χ0v) is 15.5. The van der Waals surface area contributed by atoms with Crippen LogP contribution in [0.3, 0.4) is 0 Å². The van der Waals surface area contributed by atoms with E-state index in [4.69, 9.17) is 23.2 Å². The Morgan fingerprint density at radius 3 is 2.91 bits per heavy atom. The summed E-state index contributed by atoms with van der Waals surface area (Å²) in [5, 5.41) is 4.38. The summed E-state index contributed by atoms with van der Waals surface area (Å²) in [7, 11) is 0. The molecule has 1 aromatic heterocycles. The van der Waals surface area contributed by atoms with Crippen LogP contribution in [-0.4, -0.2) is 21.6 Å². The fourth-order valence-electron chi connectivity index (χ4n) is 1.94. The van der Waals surface area contributed by atoms with Gasteiger partial charge in [-0.15, -0.1) is 0 Å². The Morgan fingerprint density at radius 2 is 2.09 bits per heavy atom. The van der Waals surface area contributed by atoms with E-state index in [1.807, 2.05) is 18.2 Å². The summed E-state index contributed by atoms with van der Waals surface area (Å²) in [6, 6.07) is 10.7. The van der Waals surface area contributed by atoms with Crippen LogP contribution in [0.5, 0.6) is 0 Å². The molecule has 0 unspecified atom stereocenters. The molecule has 2 aromatic carbocycles. The van der Waals surface area contributed by atoms with Crippen molar-refractivity contribution in [2.75, 3.05) is 11.1 Å². The number of carbonyl (C=O) groups is 1. The molecular weight excluding hydrogens is 421 g/mol. The van der Waals surface area contributed by atoms with E-state index in [1.165, 1.54) is 11.8 Å². The van der Waals surface area contributed by atoms with E-state index >= 15 is 0 Å². The molecule has 0 spiro atoms. The van der Waals surface area contributed by atoms with Gasteiger partial charge in [-0.1, -0.05) is 50.9 Å². The molecule has 3 aromatic rings. The van der Waals surface area contributed by atoms with Crippen molar-refractivity contribution in [3.8, 4) is 0 Å². The zero-order valence-electron chi connectivity index (χ0n) is 11.6. The van der Waals surface area contributed by atoms with Gasteiger partial charge in [-0.05, 0) is 36.4 Å². The molecule has 1 heterocycles. The standard InChI is InChI=1S/C15H10BrCl2N3OS/c16-8-1-4-11-13(5-8)21-15(20-11)23-7-14(22)19-12-6-9(17)2-3-10(12)18/h1-6H,7H2,(H,19,22)(H,20,21). The third-order valence-corrected chi connectivity index (χ3v) is 4.90. The Balaban J connectivity index is 1.64. The summed E-state index contributed by atoms with van der Waals surface area (Å²) >= 11 is 16.7. The van der Waals surface area contributed by atoms with Gasteiger partial charge in [0.15, 0.2) is 5.16 Å². The minimum Gasteiger partial charge on any atom is -0.333 e. The monoisotopic (exact) mass is 429 g/mol. The van der Waals surface area contributed by atoms with Crippen LogP contribution in [0.25, 0.3) is 11.0 Å². The Kier molecular flexibility index (Phi) is 5.16. The van der Waals surface area contributed by atoms with Gasteiger partial charge >= 0.3 is 0 Å². The van der Waals surface area contributed by atoms with E-state index in [0.717, 1.165) is 15.5 Å². The normalized spacial score (nSPS) is 10.9. The lowest BCUT2D eigenvalue weighted by molar-refractivity contribution is -0.113. The Hall–Kier alpha value is -1.21. The molecule has 0 aliphatic heterocycles. The summed E-state index contributed by atoms with van der Waals surface area (Å²) < 4.78 is 0.971. The number of H-pyrrole nitrogens is 1. The number of anilines is 1. The van der Waals surface area contributed by atoms with Crippen LogP contribution in [0, 0.1) is 0 Å². The van der Waals surface area contributed by atoms with E-state index in [0.29, 0.717) is 20.9 Å². The van der Waals surface area contributed by atoms with Crippen molar-refractivity contribution in [3.63, 3.8) is 0 Å². The molecule has 3 rings (SSSR count). The fraction of sp³-hybridized carbons (Fsp3) is 0.0667. The third kappa shape index (κ3) is 4.20. The predicted molar refractivity (Wildman–Crippen MR) is 99.6 cm³/mol. The summed E-state index contributed by atoms with van der Waals surface area (Å²) in [5.74, 6) is 0.0323. The molecule has 0 radical (unpaired) electrons. The van der Waals surface area contributed by atoms with E-state index in [2.05, 4.69) is 31.2 Å². The lowest BCUT2D eigenvalue weighted by Crippen LogP contribution is -2.14. The van der Waals surface area contributed by atoms with Crippen molar-refractivity contribution >= 4 is 73.5 Å². The number of aromatic nitrogens is 2. The van der Waals surface area contributed by atoms with Crippen molar-refractivity contribution in [2.45, 2.75) is 5.16 Å². The van der Waals surface area contributed by atoms with E-state index in [9.17, 15) is 4.79 Å². The van der Waals surface area contributed by atoms with Crippen LogP contribution in [-0.2, 0) is 4.79 Å². The smallest absolute Gasteiger partial charge is 0.234 e. The summed E-state index contributed by atoms with van der Waals surface area (Å²) in [6.45, 7) is 0. The number of amides is 1. The summed E-state index contributed by atoms with van der Waals surface area (Å²) in [4.78, 5) is 19.6. The molecule has 0 aliphatic carbocycles. The number of benzene rings is 2. The van der Waals surface area contributed by atoms with Crippen molar-refractivity contribution in [1.29, 1.82) is 0 Å². The lowest BCUT2D eigenvalue weighted by Gasteiger charge is -2.06. The molecular formula is C15H10BrCl2N3OS. The molecule has 0 bridgehead atoms. The van der Waals surface area contributed by atoms with Crippen LogP contribution >= 0.6 is 50.9 Å². The van der Waals surface area contributed by atoms with Gasteiger partial charge in [-0.25, -0.2) is 4.98 Å². The van der Waals surface area contributed by atoms with Crippen LogP contribution in [0.2, 0.25) is 10.0 Å². The second-order valence-electron chi connectivity index (χ2n) is 4.66. The molecule has 2 N–H and O–H groups in total. The van der Waals surface area contributed by atoms with Crippen LogP contribution in [0.15, 0.2) is 46.0 Å². The molecule has 0 atom stereocenters. The van der Waals surface area contributed by atoms with Crippen LogP contribution in [0.4, 0.5) is 5.69 Å². The van der Waals surface area contributed by atoms with Gasteiger partial charge in [0, 0.05) is 9.50 Å². The van der Waals surface area contributed by atoms with Crippen molar-refractivity contribution in [3.05, 3.63) is 50.9 Å². The molecule has 0 saturated carbocycles. The molecule has 23 heavy (non-hydrogen) atoms. The van der Waals surface area contributed by atoms with Gasteiger partial charge in [-0.3, -0.25) is 4.79 Å². The molecule has 4 nitrogen and oxygen atoms in total. The van der Waals surface area contributed by atoms with E-state index in [1.54, 1.807) is 18.2 Å². The average Bonchev–Trinajstić information content (AvgIpc) is 2.91. The lowest BCUT2D eigenvalue weighted by atomic mass is 10.3. The number of hydrogen-bond donors (Lipinski definition) is 2. The number of rotatable bonds is 4. The number of imidazole rings is 1. The average molecular weight is 431 g/mol. The van der Waals surface area contributed by atoms with Crippen LogP contribution < -0.4 is 5.32 Å². The summed E-state index contributed by atoms with van der Waals surface area (Å²) in [5.41, 5.74) is 2.27. The van der Waals surface area contributed by atoms with Crippen LogP contribution in [0.1, 0.15) is 0 Å². The first kappa shape index (κ1) is 16.6. The van der Waals surface area contributed by atoms with Gasteiger partial charge in [0.25, 0.3) is 0 Å². The first-order valence-corrected chi connectivity index (χ1v) is 9.08. The zero-order chi connectivity index (χ0) is 16.4. The number of nitrogens with zero attached hydrogens (tertiary/aromatic N) is 1. The van der Waals surface area contributed by atoms with Gasteiger partial charge in [0.05, 0.1) is 27.5 Å². The fourth-order valence-corrected chi connectivity index (χ4v) is 3.32. The van der Waals surface area contributed by atoms with Gasteiger partial charge < -0.3 is 10.3 Å². The number of fused-ring (bicyclic) bond motifs is 1. The Morgan fingerprint density at radius 1 is 1.26 bits per heavy atom. The number of thioether (sulfide) groups is 1. The predicted octanol–water partition coefficient (Wildman–Crippen LogP) is 5.36. The third-order valence-electron chi connectivity index (χ3n) is 2.96. The highest BCUT2D eigenvalue weighted by Crippen LogP contribution is 2.26. The number of halogens is 3. The molecule has 0 aliphatic rings. The maximum absolute atomic E-state index is 12.0. The minimum atomic E-state index is -0.180. The number of hydrogen-bond acceptors (Lipinski definition) is 3. The minimum absolute atomic E-state index is 0.180. The van der Waals surface area contributed by atoms with Gasteiger partial charge in [0.1, 0.15) is 0 Å². The van der Waals surface area contributed by atoms with E-state index in [-0.39, 0.29) is 11.7 Å². The number of nitrogens with one attached hydrogen (secondary N) is 2. The first-order valence-electron chi connectivity index (χ1n) is 6.54. The Labute approximate surface area is 155 Å². The van der Waals surface area contributed by atoms with Crippen molar-refractivity contribution < 1.29 is 4.79 Å². The SMILES string of the molecule is O=C(CSc1nc2ccc(Br)cc2[nH]1)Nc1cc(Cl)ccc1Cl. The maximum atomic E-state index is 12.0. The van der Waals surface area contributed by atoms with Gasteiger partial charge in [0.2, 0.25) is 5.91 Å². The number of carbonyl (C=O) groups excluding carboxylic acids is 1. The molecule has 0 fully saturated rings.